The molecule has 39 heavy (non-hydrogen) atoms. The lowest BCUT2D eigenvalue weighted by Crippen LogP contribution is -2.12. The molecular formula is C31H32O8. The summed E-state index contributed by atoms with van der Waals surface area (Å²) < 4.78 is 27.0. The van der Waals surface area contributed by atoms with Gasteiger partial charge in [0.2, 0.25) is 0 Å². The molecule has 0 saturated carbocycles. The topological polar surface area (TPSA) is 97.4 Å². The molecule has 8 nitrogen and oxygen atoms in total. The van der Waals surface area contributed by atoms with Crippen LogP contribution in [0.4, 0.5) is 0 Å². The van der Waals surface area contributed by atoms with Gasteiger partial charge in [-0.25, -0.2) is 14.4 Å². The van der Waals surface area contributed by atoms with Gasteiger partial charge in [-0.1, -0.05) is 25.6 Å². The normalized spacial score (nSPS) is 10.3. The van der Waals surface area contributed by atoms with Crippen LogP contribution in [0, 0.1) is 6.92 Å². The fourth-order valence-electron chi connectivity index (χ4n) is 3.55. The molecule has 8 heteroatoms. The Morgan fingerprint density at radius 3 is 2.08 bits per heavy atom. The third-order valence-electron chi connectivity index (χ3n) is 5.76. The molecule has 204 valence electrons. The lowest BCUT2D eigenvalue weighted by atomic mass is 10.1. The first-order valence-electron chi connectivity index (χ1n) is 12.6. The number of rotatable bonds is 13. The highest BCUT2D eigenvalue weighted by Crippen LogP contribution is 2.30. The van der Waals surface area contributed by atoms with Crippen LogP contribution in [0.2, 0.25) is 0 Å². The van der Waals surface area contributed by atoms with E-state index in [1.54, 1.807) is 30.3 Å². The zero-order chi connectivity index (χ0) is 28.2. The number of carbonyl (C=O) groups excluding carboxylic acids is 3. The van der Waals surface area contributed by atoms with Gasteiger partial charge in [0.05, 0.1) is 31.5 Å². The van der Waals surface area contributed by atoms with E-state index in [1.165, 1.54) is 25.3 Å². The Balaban J connectivity index is 1.57. The number of unbranched alkanes of at least 4 members (excludes halogenated alkanes) is 1. The summed E-state index contributed by atoms with van der Waals surface area (Å²) in [6, 6.07) is 16.7. The van der Waals surface area contributed by atoms with Gasteiger partial charge in [-0.3, -0.25) is 0 Å². The molecule has 0 bridgehead atoms. The van der Waals surface area contributed by atoms with Crippen molar-refractivity contribution in [1.29, 1.82) is 0 Å². The van der Waals surface area contributed by atoms with Crippen molar-refractivity contribution in [2.75, 3.05) is 20.3 Å². The van der Waals surface area contributed by atoms with Gasteiger partial charge in [0.1, 0.15) is 11.5 Å². The maximum absolute atomic E-state index is 12.8. The zero-order valence-electron chi connectivity index (χ0n) is 22.4. The number of hydrogen-bond donors (Lipinski definition) is 0. The van der Waals surface area contributed by atoms with E-state index >= 15 is 0 Å². The molecule has 0 aromatic heterocycles. The van der Waals surface area contributed by atoms with E-state index in [0.29, 0.717) is 43.1 Å². The molecule has 0 aliphatic heterocycles. The van der Waals surface area contributed by atoms with E-state index in [4.69, 9.17) is 23.7 Å². The summed E-state index contributed by atoms with van der Waals surface area (Å²) in [5.41, 5.74) is 2.49. The molecule has 0 N–H and O–H groups in total. The molecule has 3 aromatic rings. The van der Waals surface area contributed by atoms with Crippen LogP contribution < -0.4 is 18.9 Å². The zero-order valence-corrected chi connectivity index (χ0v) is 22.4. The molecule has 3 rings (SSSR count). The summed E-state index contributed by atoms with van der Waals surface area (Å²) in [4.78, 5) is 36.5. The lowest BCUT2D eigenvalue weighted by Gasteiger charge is -2.13. The SMILES string of the molecule is C=CC(=O)OCCCCOc1ccc(C(=O)Oc2ccc(C(=O)Oc3ccc(CC)cc3)cc2OC)cc1C. The summed E-state index contributed by atoms with van der Waals surface area (Å²) >= 11 is 0. The molecule has 3 aromatic carbocycles. The highest BCUT2D eigenvalue weighted by atomic mass is 16.6. The van der Waals surface area contributed by atoms with Crippen LogP contribution in [0.3, 0.4) is 0 Å². The average molecular weight is 533 g/mol. The quantitative estimate of drug-likeness (QED) is 0.116. The molecule has 0 fully saturated rings. The first-order chi connectivity index (χ1) is 18.8. The van der Waals surface area contributed by atoms with Crippen LogP contribution in [-0.2, 0) is 16.0 Å². The van der Waals surface area contributed by atoms with Gasteiger partial charge in [-0.05, 0) is 85.8 Å². The number of carbonyl (C=O) groups is 3. The first-order valence-corrected chi connectivity index (χ1v) is 12.6. The Morgan fingerprint density at radius 1 is 0.795 bits per heavy atom. The molecule has 0 amide bonds. The maximum Gasteiger partial charge on any atom is 0.343 e. The van der Waals surface area contributed by atoms with Crippen molar-refractivity contribution in [2.45, 2.75) is 33.1 Å². The van der Waals surface area contributed by atoms with Crippen molar-refractivity contribution in [3.63, 3.8) is 0 Å². The molecule has 0 aliphatic carbocycles. The third-order valence-corrected chi connectivity index (χ3v) is 5.76. The van der Waals surface area contributed by atoms with Gasteiger partial charge in [-0.2, -0.15) is 0 Å². The third kappa shape index (κ3) is 8.46. The number of ether oxygens (including phenoxy) is 5. The van der Waals surface area contributed by atoms with Crippen LogP contribution in [0.1, 0.15) is 51.6 Å². The molecule has 0 saturated heterocycles. The fraction of sp³-hybridized carbons (Fsp3) is 0.258. The maximum atomic E-state index is 12.8. The van der Waals surface area contributed by atoms with E-state index in [9.17, 15) is 14.4 Å². The summed E-state index contributed by atoms with van der Waals surface area (Å²) in [6.07, 6.45) is 3.37. The van der Waals surface area contributed by atoms with Crippen molar-refractivity contribution in [2.24, 2.45) is 0 Å². The second-order valence-corrected chi connectivity index (χ2v) is 8.55. The molecule has 0 heterocycles. The predicted molar refractivity (Wildman–Crippen MR) is 146 cm³/mol. The van der Waals surface area contributed by atoms with Gasteiger partial charge < -0.3 is 23.7 Å². The molecular weight excluding hydrogens is 500 g/mol. The largest absolute Gasteiger partial charge is 0.493 e. The van der Waals surface area contributed by atoms with Crippen molar-refractivity contribution in [1.82, 2.24) is 0 Å². The minimum Gasteiger partial charge on any atom is -0.493 e. The Morgan fingerprint density at radius 2 is 1.44 bits per heavy atom. The van der Waals surface area contributed by atoms with Crippen molar-refractivity contribution in [3.05, 3.63) is 95.6 Å². The van der Waals surface area contributed by atoms with Crippen molar-refractivity contribution in [3.8, 4) is 23.0 Å². The van der Waals surface area contributed by atoms with E-state index < -0.39 is 17.9 Å². The van der Waals surface area contributed by atoms with Gasteiger partial charge in [0.15, 0.2) is 11.5 Å². The molecule has 0 radical (unpaired) electrons. The van der Waals surface area contributed by atoms with Crippen molar-refractivity contribution >= 4 is 17.9 Å². The van der Waals surface area contributed by atoms with E-state index in [-0.39, 0.29) is 17.1 Å². The highest BCUT2D eigenvalue weighted by Gasteiger charge is 2.17. The lowest BCUT2D eigenvalue weighted by molar-refractivity contribution is -0.137. The fourth-order valence-corrected chi connectivity index (χ4v) is 3.55. The summed E-state index contributed by atoms with van der Waals surface area (Å²) in [5.74, 6) is -0.129. The van der Waals surface area contributed by atoms with Crippen LogP contribution in [0.25, 0.3) is 0 Å². The second kappa shape index (κ2) is 14.4. The Bertz CT molecular complexity index is 1310. The van der Waals surface area contributed by atoms with E-state index in [0.717, 1.165) is 23.6 Å². The molecule has 0 unspecified atom stereocenters. The Kier molecular flexibility index (Phi) is 10.7. The average Bonchev–Trinajstić information content (AvgIpc) is 2.95. The van der Waals surface area contributed by atoms with Gasteiger partial charge in [0, 0.05) is 6.08 Å². The predicted octanol–water partition coefficient (Wildman–Crippen LogP) is 5.89. The number of aryl methyl sites for hydroxylation is 2. The Hall–Kier alpha value is -4.59. The highest BCUT2D eigenvalue weighted by molar-refractivity contribution is 5.93. The number of esters is 3. The number of hydrogen-bond acceptors (Lipinski definition) is 8. The molecule has 0 aliphatic rings. The van der Waals surface area contributed by atoms with E-state index in [1.807, 2.05) is 26.0 Å². The Labute approximate surface area is 228 Å². The standard InChI is InChI=1S/C31H32O8/c1-5-22-9-13-25(14-10-22)38-30(33)24-12-16-27(28(20-24)35-4)39-31(34)23-11-15-26(21(3)19-23)36-17-7-8-18-37-29(32)6-2/h6,9-16,19-20H,2,5,7-8,17-18H2,1,3-4H3. The van der Waals surface area contributed by atoms with Crippen LogP contribution in [0.15, 0.2) is 73.3 Å². The number of methoxy groups -OCH3 is 1. The van der Waals surface area contributed by atoms with Crippen molar-refractivity contribution < 1.29 is 38.1 Å². The molecule has 0 spiro atoms. The summed E-state index contributed by atoms with van der Waals surface area (Å²) in [6.45, 7) is 7.96. The smallest absolute Gasteiger partial charge is 0.343 e. The minimum absolute atomic E-state index is 0.168. The van der Waals surface area contributed by atoms with Gasteiger partial charge in [0.25, 0.3) is 0 Å². The summed E-state index contributed by atoms with van der Waals surface area (Å²) in [7, 11) is 1.42. The van der Waals surface area contributed by atoms with Gasteiger partial charge >= 0.3 is 17.9 Å². The first kappa shape index (κ1) is 29.0. The minimum atomic E-state index is -0.585. The van der Waals surface area contributed by atoms with Gasteiger partial charge in [-0.15, -0.1) is 0 Å². The van der Waals surface area contributed by atoms with Crippen LogP contribution >= 0.6 is 0 Å². The van der Waals surface area contributed by atoms with Crippen LogP contribution in [0.5, 0.6) is 23.0 Å². The monoisotopic (exact) mass is 532 g/mol. The second-order valence-electron chi connectivity index (χ2n) is 8.55. The number of benzene rings is 3. The molecule has 0 atom stereocenters. The van der Waals surface area contributed by atoms with E-state index in [2.05, 4.69) is 6.58 Å². The summed E-state index contributed by atoms with van der Waals surface area (Å²) in [5, 5.41) is 0. The van der Waals surface area contributed by atoms with Crippen LogP contribution in [-0.4, -0.2) is 38.2 Å².